The first-order valence-corrected chi connectivity index (χ1v) is 27.1. The largest absolute Gasteiger partial charge is 0.457 e. The Balaban J connectivity index is 2.31. The molecule has 13 heteroatoms. The van der Waals surface area contributed by atoms with Crippen LogP contribution >= 0.6 is 0 Å². The quantitative estimate of drug-likeness (QED) is 0.0197. The van der Waals surface area contributed by atoms with Gasteiger partial charge in [-0.1, -0.05) is 198 Å². The summed E-state index contributed by atoms with van der Waals surface area (Å²) < 4.78 is 59.2. The summed E-state index contributed by atoms with van der Waals surface area (Å²) >= 11 is 0. The van der Waals surface area contributed by atoms with Crippen LogP contribution in [0.25, 0.3) is 0 Å². The number of hydrogen-bond acceptors (Lipinski definition) is 11. The van der Waals surface area contributed by atoms with Gasteiger partial charge in [0.25, 0.3) is 0 Å². The van der Waals surface area contributed by atoms with Gasteiger partial charge in [-0.15, -0.1) is 0 Å². The minimum atomic E-state index is -5.06. The van der Waals surface area contributed by atoms with Gasteiger partial charge < -0.3 is 34.3 Å². The van der Waals surface area contributed by atoms with Crippen LogP contribution in [0, 0.1) is 0 Å². The predicted octanol–water partition coefficient (Wildman–Crippen LogP) is 11.7. The molecule has 0 radical (unpaired) electrons. The number of rotatable bonds is 45. The predicted molar refractivity (Wildman–Crippen MR) is 257 cm³/mol. The molecule has 1 rings (SSSR count). The van der Waals surface area contributed by atoms with Crippen molar-refractivity contribution in [3.8, 4) is 0 Å². The molecule has 0 aromatic heterocycles. The number of carbonyl (C=O) groups is 1. The lowest BCUT2D eigenvalue weighted by Crippen LogP contribution is -2.60. The van der Waals surface area contributed by atoms with E-state index in [0.717, 1.165) is 57.8 Å². The van der Waals surface area contributed by atoms with Crippen LogP contribution in [-0.2, 0) is 38.3 Å². The molecule has 64 heavy (non-hydrogen) atoms. The summed E-state index contributed by atoms with van der Waals surface area (Å²) in [5.74, 6) is -0.401. The Morgan fingerprint density at radius 1 is 0.594 bits per heavy atom. The molecule has 1 aliphatic heterocycles. The third kappa shape index (κ3) is 35.5. The van der Waals surface area contributed by atoms with Crippen molar-refractivity contribution < 1.29 is 56.2 Å². The number of aliphatic hydroxyl groups is 3. The maximum atomic E-state index is 12.9. The number of unbranched alkanes of at least 4 members (excludes halogenated alkanes) is 26. The number of carbonyl (C=O) groups excluding carboxylic acids is 1. The van der Waals surface area contributed by atoms with Gasteiger partial charge in [-0.25, -0.2) is 4.18 Å². The minimum absolute atomic E-state index is 0.0372. The number of allylic oxidation sites excluding steroid dienone is 6. The summed E-state index contributed by atoms with van der Waals surface area (Å²) in [6.45, 7) is 3.99. The summed E-state index contributed by atoms with van der Waals surface area (Å²) in [5, 5.41) is 30.7. The molecule has 0 aromatic carbocycles. The van der Waals surface area contributed by atoms with Gasteiger partial charge in [0.2, 0.25) is 0 Å². The summed E-state index contributed by atoms with van der Waals surface area (Å²) in [7, 11) is -5.06. The van der Waals surface area contributed by atoms with Crippen LogP contribution in [0.2, 0.25) is 0 Å². The molecule has 0 aliphatic carbocycles. The van der Waals surface area contributed by atoms with E-state index in [1.807, 2.05) is 0 Å². The SMILES string of the molecule is CCCCCCC/C=C\C/C=C\C/C=C\CCCCCCCCCCCCC(=O)OC(COCCCCCCCCCCCCCC)COC1OC(CO)C(O)C(OS(=O)(=O)O)C1O. The zero-order chi connectivity index (χ0) is 46.8. The molecule has 0 aromatic rings. The smallest absolute Gasteiger partial charge is 0.397 e. The van der Waals surface area contributed by atoms with Gasteiger partial charge >= 0.3 is 16.4 Å². The maximum Gasteiger partial charge on any atom is 0.397 e. The van der Waals surface area contributed by atoms with Gasteiger partial charge in [-0.3, -0.25) is 9.35 Å². The van der Waals surface area contributed by atoms with E-state index in [0.29, 0.717) is 13.0 Å². The van der Waals surface area contributed by atoms with Crippen molar-refractivity contribution in [3.05, 3.63) is 36.5 Å². The molecule has 6 atom stereocenters. The van der Waals surface area contributed by atoms with E-state index in [-0.39, 0.29) is 19.6 Å². The molecular formula is C51H94O12S. The summed E-state index contributed by atoms with van der Waals surface area (Å²) in [5.41, 5.74) is 0. The molecule has 376 valence electrons. The van der Waals surface area contributed by atoms with Gasteiger partial charge in [0.15, 0.2) is 6.29 Å². The summed E-state index contributed by atoms with van der Waals surface area (Å²) in [6, 6.07) is 0. The number of aliphatic hydroxyl groups excluding tert-OH is 3. The molecule has 0 amide bonds. The normalized spacial score (nSPS) is 20.0. The first-order chi connectivity index (χ1) is 31.1. The van der Waals surface area contributed by atoms with E-state index in [2.05, 4.69) is 54.5 Å². The molecule has 0 saturated carbocycles. The molecule has 1 aliphatic rings. The van der Waals surface area contributed by atoms with E-state index in [1.165, 1.54) is 135 Å². The van der Waals surface area contributed by atoms with E-state index >= 15 is 0 Å². The molecule has 0 bridgehead atoms. The summed E-state index contributed by atoms with van der Waals surface area (Å²) in [4.78, 5) is 12.9. The molecule has 1 saturated heterocycles. The molecule has 12 nitrogen and oxygen atoms in total. The molecule has 1 heterocycles. The Hall–Kier alpha value is -1.68. The van der Waals surface area contributed by atoms with Crippen molar-refractivity contribution in [1.82, 2.24) is 0 Å². The van der Waals surface area contributed by atoms with Gasteiger partial charge in [0.1, 0.15) is 30.5 Å². The van der Waals surface area contributed by atoms with Gasteiger partial charge in [-0.05, 0) is 51.4 Å². The van der Waals surface area contributed by atoms with Crippen molar-refractivity contribution in [2.75, 3.05) is 26.4 Å². The highest BCUT2D eigenvalue weighted by molar-refractivity contribution is 7.80. The number of esters is 1. The second-order valence-corrected chi connectivity index (χ2v) is 18.8. The third-order valence-corrected chi connectivity index (χ3v) is 12.2. The average molecular weight is 931 g/mol. The summed E-state index contributed by atoms with van der Waals surface area (Å²) in [6.07, 6.45) is 41.8. The fraction of sp³-hybridized carbons (Fsp3) is 0.863. The van der Waals surface area contributed by atoms with Crippen LogP contribution in [0.4, 0.5) is 0 Å². The molecule has 1 fully saturated rings. The van der Waals surface area contributed by atoms with Gasteiger partial charge in [0.05, 0.1) is 19.8 Å². The van der Waals surface area contributed by atoms with Gasteiger partial charge in [-0.2, -0.15) is 8.42 Å². The van der Waals surface area contributed by atoms with Crippen molar-refractivity contribution in [3.63, 3.8) is 0 Å². The average Bonchev–Trinajstić information content (AvgIpc) is 3.27. The highest BCUT2D eigenvalue weighted by Gasteiger charge is 2.48. The van der Waals surface area contributed by atoms with Crippen LogP contribution in [0.1, 0.15) is 219 Å². The molecule has 4 N–H and O–H groups in total. The number of ether oxygens (including phenoxy) is 4. The second-order valence-electron chi connectivity index (χ2n) is 17.8. The van der Waals surface area contributed by atoms with Gasteiger partial charge in [0, 0.05) is 13.0 Å². The van der Waals surface area contributed by atoms with E-state index in [4.69, 9.17) is 18.9 Å². The van der Waals surface area contributed by atoms with Crippen LogP contribution in [0.5, 0.6) is 0 Å². The van der Waals surface area contributed by atoms with Crippen LogP contribution in [-0.4, -0.2) is 97.5 Å². The van der Waals surface area contributed by atoms with Crippen LogP contribution in [0.15, 0.2) is 36.5 Å². The Kier molecular flexibility index (Phi) is 40.2. The zero-order valence-electron chi connectivity index (χ0n) is 40.3. The Morgan fingerprint density at radius 2 is 1.03 bits per heavy atom. The Labute approximate surface area is 390 Å². The first-order valence-electron chi connectivity index (χ1n) is 25.7. The van der Waals surface area contributed by atoms with Crippen molar-refractivity contribution in [1.29, 1.82) is 0 Å². The van der Waals surface area contributed by atoms with E-state index < -0.39 is 59.8 Å². The monoisotopic (exact) mass is 931 g/mol. The van der Waals surface area contributed by atoms with Crippen molar-refractivity contribution in [2.45, 2.75) is 256 Å². The lowest BCUT2D eigenvalue weighted by atomic mass is 9.99. The van der Waals surface area contributed by atoms with Crippen molar-refractivity contribution in [2.24, 2.45) is 0 Å². The second kappa shape index (κ2) is 42.7. The lowest BCUT2D eigenvalue weighted by Gasteiger charge is -2.41. The van der Waals surface area contributed by atoms with E-state index in [1.54, 1.807) is 0 Å². The zero-order valence-corrected chi connectivity index (χ0v) is 41.2. The van der Waals surface area contributed by atoms with Crippen LogP contribution in [0.3, 0.4) is 0 Å². The lowest BCUT2D eigenvalue weighted by molar-refractivity contribution is -0.301. The molecule has 0 spiro atoms. The van der Waals surface area contributed by atoms with Crippen molar-refractivity contribution >= 4 is 16.4 Å². The highest BCUT2D eigenvalue weighted by Crippen LogP contribution is 2.26. The topological polar surface area (TPSA) is 178 Å². The Bertz CT molecular complexity index is 1260. The first kappa shape index (κ1) is 60.3. The molecule has 6 unspecified atom stereocenters. The maximum absolute atomic E-state index is 12.9. The fourth-order valence-corrected chi connectivity index (χ4v) is 8.37. The van der Waals surface area contributed by atoms with E-state index in [9.17, 15) is 33.1 Å². The Morgan fingerprint density at radius 3 is 1.50 bits per heavy atom. The third-order valence-electron chi connectivity index (χ3n) is 11.8. The number of hydrogen-bond donors (Lipinski definition) is 4. The minimum Gasteiger partial charge on any atom is -0.457 e. The standard InChI is InChI=1S/C51H94O12S/c1-3-5-7-9-11-13-15-17-18-19-20-21-22-23-24-25-26-27-28-29-30-32-34-36-38-40-47(53)61-45(43-59-41-39-37-35-33-31-16-14-12-10-8-6-4-2)44-60-51-49(55)50(63-64(56,57)58)48(54)46(42-52)62-51/h15,17,19-20,22-23,45-46,48-52,54-55H,3-14,16,18,21,24-44H2,1-2H3,(H,56,57,58)/b17-15-,20-19-,23-22-. The molecular weight excluding hydrogens is 837 g/mol. The fourth-order valence-electron chi connectivity index (χ4n) is 7.86. The van der Waals surface area contributed by atoms with Crippen LogP contribution < -0.4 is 0 Å². The highest BCUT2D eigenvalue weighted by atomic mass is 32.3.